The first kappa shape index (κ1) is 17.5. The van der Waals surface area contributed by atoms with Crippen LogP contribution in [0.1, 0.15) is 30.1 Å². The van der Waals surface area contributed by atoms with Crippen molar-refractivity contribution in [1.29, 1.82) is 0 Å². The largest absolute Gasteiger partial charge is 0.387 e. The lowest BCUT2D eigenvalue weighted by Gasteiger charge is -2.17. The second-order valence-corrected chi connectivity index (χ2v) is 6.82. The first-order chi connectivity index (χ1) is 11.6. The Balaban J connectivity index is 1.52. The van der Waals surface area contributed by atoms with Crippen molar-refractivity contribution in [3.05, 3.63) is 57.7 Å². The van der Waals surface area contributed by atoms with Gasteiger partial charge in [-0.2, -0.15) is 0 Å². The van der Waals surface area contributed by atoms with Gasteiger partial charge in [-0.1, -0.05) is 35.3 Å². The van der Waals surface area contributed by atoms with Gasteiger partial charge in [0.05, 0.1) is 6.10 Å². The quantitative estimate of drug-likeness (QED) is 0.816. The maximum Gasteiger partial charge on any atom is 0.128 e. The molecule has 3 rings (SSSR count). The Kier molecular flexibility index (Phi) is 5.95. The van der Waals surface area contributed by atoms with E-state index in [1.165, 1.54) is 12.8 Å². The summed E-state index contributed by atoms with van der Waals surface area (Å²) >= 11 is 12.2. The van der Waals surface area contributed by atoms with Crippen molar-refractivity contribution in [2.24, 2.45) is 0 Å². The van der Waals surface area contributed by atoms with E-state index >= 15 is 0 Å². The van der Waals surface area contributed by atoms with E-state index in [-0.39, 0.29) is 0 Å². The molecule has 1 aromatic heterocycles. The molecule has 128 valence electrons. The number of nitrogens with one attached hydrogen (secondary N) is 1. The number of pyridine rings is 1. The zero-order chi connectivity index (χ0) is 16.9. The molecular weight excluding hydrogens is 345 g/mol. The molecule has 24 heavy (non-hydrogen) atoms. The smallest absolute Gasteiger partial charge is 0.128 e. The van der Waals surface area contributed by atoms with Gasteiger partial charge in [0.2, 0.25) is 0 Å². The highest BCUT2D eigenvalue weighted by atomic mass is 35.5. The molecular formula is C18H21Cl2N3O. The van der Waals surface area contributed by atoms with Gasteiger partial charge in [0, 0.05) is 48.0 Å². The fourth-order valence-electron chi connectivity index (χ4n) is 2.94. The van der Waals surface area contributed by atoms with Crippen LogP contribution in [0.25, 0.3) is 0 Å². The maximum atomic E-state index is 10.3. The minimum absolute atomic E-state index is 0.372. The van der Waals surface area contributed by atoms with E-state index in [1.807, 2.05) is 6.20 Å². The lowest BCUT2D eigenvalue weighted by Crippen LogP contribution is -2.22. The molecule has 1 unspecified atom stereocenters. The van der Waals surface area contributed by atoms with Gasteiger partial charge >= 0.3 is 0 Å². The summed E-state index contributed by atoms with van der Waals surface area (Å²) in [7, 11) is 0. The number of aliphatic hydroxyl groups excluding tert-OH is 1. The summed E-state index contributed by atoms with van der Waals surface area (Å²) in [4.78, 5) is 6.83. The molecule has 1 fully saturated rings. The third-order valence-electron chi connectivity index (χ3n) is 4.24. The Bertz CT molecular complexity index is 652. The predicted molar refractivity (Wildman–Crippen MR) is 98.8 cm³/mol. The second kappa shape index (κ2) is 8.17. The van der Waals surface area contributed by atoms with Gasteiger partial charge in [0.1, 0.15) is 5.82 Å². The number of hydrogen-bond acceptors (Lipinski definition) is 4. The van der Waals surface area contributed by atoms with Crippen LogP contribution in [-0.2, 0) is 6.54 Å². The Morgan fingerprint density at radius 1 is 1.12 bits per heavy atom. The Morgan fingerprint density at radius 2 is 1.83 bits per heavy atom. The molecule has 4 nitrogen and oxygen atoms in total. The number of halogens is 2. The molecule has 0 bridgehead atoms. The van der Waals surface area contributed by atoms with Crippen LogP contribution >= 0.6 is 23.2 Å². The van der Waals surface area contributed by atoms with Crippen LogP contribution in [0.4, 0.5) is 5.82 Å². The zero-order valence-corrected chi connectivity index (χ0v) is 14.9. The minimum Gasteiger partial charge on any atom is -0.387 e. The number of nitrogens with zero attached hydrogens (tertiary/aromatic N) is 2. The third-order valence-corrected chi connectivity index (χ3v) is 4.90. The molecule has 1 aromatic carbocycles. The highest BCUT2D eigenvalue weighted by Crippen LogP contribution is 2.29. The van der Waals surface area contributed by atoms with Gasteiger partial charge in [0.25, 0.3) is 0 Å². The lowest BCUT2D eigenvalue weighted by molar-refractivity contribution is 0.174. The Hall–Kier alpha value is -1.33. The van der Waals surface area contributed by atoms with Gasteiger partial charge in [-0.3, -0.25) is 0 Å². The minimum atomic E-state index is -0.747. The van der Waals surface area contributed by atoms with E-state index in [0.29, 0.717) is 28.7 Å². The predicted octanol–water partition coefficient (Wildman–Crippen LogP) is 3.81. The molecule has 0 spiro atoms. The number of rotatable bonds is 6. The number of aliphatic hydroxyl groups is 1. The summed E-state index contributed by atoms with van der Waals surface area (Å²) in [5.74, 6) is 1.04. The zero-order valence-electron chi connectivity index (χ0n) is 13.4. The van der Waals surface area contributed by atoms with Crippen molar-refractivity contribution < 1.29 is 5.11 Å². The molecule has 6 heteroatoms. The van der Waals surface area contributed by atoms with Crippen LogP contribution in [0.3, 0.4) is 0 Å². The summed E-state index contributed by atoms with van der Waals surface area (Å²) < 4.78 is 0. The van der Waals surface area contributed by atoms with E-state index in [1.54, 1.807) is 18.2 Å². The fraction of sp³-hybridized carbons (Fsp3) is 0.389. The van der Waals surface area contributed by atoms with Crippen LogP contribution in [0.2, 0.25) is 10.0 Å². The SMILES string of the molecule is OC(CNCc1ccc(N2CCCC2)nc1)c1c(Cl)cccc1Cl. The molecule has 2 N–H and O–H groups in total. The van der Waals surface area contributed by atoms with Crippen LogP contribution in [0, 0.1) is 0 Å². The molecule has 1 saturated heterocycles. The number of aromatic nitrogens is 1. The van der Waals surface area contributed by atoms with E-state index < -0.39 is 6.10 Å². The van der Waals surface area contributed by atoms with Crippen molar-refractivity contribution >= 4 is 29.0 Å². The summed E-state index contributed by atoms with van der Waals surface area (Å²) in [5.41, 5.74) is 1.64. The molecule has 2 aromatic rings. The summed E-state index contributed by atoms with van der Waals surface area (Å²) in [6.45, 7) is 3.19. The van der Waals surface area contributed by atoms with E-state index in [0.717, 1.165) is 24.5 Å². The molecule has 0 aliphatic carbocycles. The first-order valence-electron chi connectivity index (χ1n) is 8.17. The number of benzene rings is 1. The molecule has 0 radical (unpaired) electrons. The van der Waals surface area contributed by atoms with Crippen molar-refractivity contribution in [2.75, 3.05) is 24.5 Å². The average Bonchev–Trinajstić information content (AvgIpc) is 3.10. The highest BCUT2D eigenvalue weighted by Gasteiger charge is 2.15. The van der Waals surface area contributed by atoms with Crippen LogP contribution < -0.4 is 10.2 Å². The molecule has 1 atom stereocenters. The van der Waals surface area contributed by atoms with Crippen molar-refractivity contribution in [3.63, 3.8) is 0 Å². The molecule has 0 amide bonds. The topological polar surface area (TPSA) is 48.4 Å². The molecule has 2 heterocycles. The van der Waals surface area contributed by atoms with Gasteiger partial charge in [-0.15, -0.1) is 0 Å². The lowest BCUT2D eigenvalue weighted by atomic mass is 10.1. The standard InChI is InChI=1S/C18H21Cl2N3O/c19-14-4-3-5-15(20)18(14)16(24)12-21-10-13-6-7-17(22-11-13)23-8-1-2-9-23/h3-7,11,16,21,24H,1-2,8-10,12H2. The van der Waals surface area contributed by atoms with Crippen molar-refractivity contribution in [1.82, 2.24) is 10.3 Å². The van der Waals surface area contributed by atoms with Crippen LogP contribution in [0.15, 0.2) is 36.5 Å². The van der Waals surface area contributed by atoms with E-state index in [9.17, 15) is 5.11 Å². The Morgan fingerprint density at radius 3 is 2.46 bits per heavy atom. The summed E-state index contributed by atoms with van der Waals surface area (Å²) in [6.07, 6.45) is 3.62. The van der Waals surface area contributed by atoms with Gasteiger partial charge < -0.3 is 15.3 Å². The fourth-order valence-corrected chi connectivity index (χ4v) is 3.59. The van der Waals surface area contributed by atoms with E-state index in [2.05, 4.69) is 27.3 Å². The summed E-state index contributed by atoms with van der Waals surface area (Å²) in [5, 5.41) is 14.5. The van der Waals surface area contributed by atoms with Crippen molar-refractivity contribution in [3.8, 4) is 0 Å². The molecule has 1 aliphatic rings. The highest BCUT2D eigenvalue weighted by molar-refractivity contribution is 6.36. The number of hydrogen-bond donors (Lipinski definition) is 2. The van der Waals surface area contributed by atoms with Crippen molar-refractivity contribution in [2.45, 2.75) is 25.5 Å². The van der Waals surface area contributed by atoms with Gasteiger partial charge in [-0.25, -0.2) is 4.98 Å². The van der Waals surface area contributed by atoms with Gasteiger partial charge in [-0.05, 0) is 36.6 Å². The first-order valence-corrected chi connectivity index (χ1v) is 8.93. The Labute approximate surface area is 152 Å². The molecule has 1 aliphatic heterocycles. The van der Waals surface area contributed by atoms with Crippen LogP contribution in [0.5, 0.6) is 0 Å². The molecule has 0 saturated carbocycles. The normalized spacial score (nSPS) is 15.7. The van der Waals surface area contributed by atoms with Gasteiger partial charge in [0.15, 0.2) is 0 Å². The van der Waals surface area contributed by atoms with Crippen LogP contribution in [-0.4, -0.2) is 29.7 Å². The summed E-state index contributed by atoms with van der Waals surface area (Å²) in [6, 6.07) is 9.36. The maximum absolute atomic E-state index is 10.3. The van der Waals surface area contributed by atoms with E-state index in [4.69, 9.17) is 23.2 Å². The monoisotopic (exact) mass is 365 g/mol. The third kappa shape index (κ3) is 4.19. The second-order valence-electron chi connectivity index (χ2n) is 6.00. The average molecular weight is 366 g/mol. The number of anilines is 1.